The molecule has 0 bridgehead atoms. The van der Waals surface area contributed by atoms with E-state index >= 15 is 0 Å². The number of imidazole rings is 1. The molecule has 2 aromatic rings. The van der Waals surface area contributed by atoms with Crippen molar-refractivity contribution in [2.75, 3.05) is 11.9 Å². The quantitative estimate of drug-likeness (QED) is 0.900. The second-order valence-corrected chi connectivity index (χ2v) is 5.82. The molecule has 1 atom stereocenters. The van der Waals surface area contributed by atoms with Crippen molar-refractivity contribution in [2.45, 2.75) is 38.3 Å². The third-order valence-electron chi connectivity index (χ3n) is 3.68. The van der Waals surface area contributed by atoms with E-state index in [9.17, 15) is 0 Å². The first-order valence-electron chi connectivity index (χ1n) is 6.72. The van der Waals surface area contributed by atoms with Gasteiger partial charge in [-0.1, -0.05) is 0 Å². The molecule has 5 heteroatoms. The summed E-state index contributed by atoms with van der Waals surface area (Å²) in [6.07, 6.45) is 5.65. The van der Waals surface area contributed by atoms with Crippen molar-refractivity contribution in [3.8, 4) is 0 Å². The largest absolute Gasteiger partial charge is 0.375 e. The summed E-state index contributed by atoms with van der Waals surface area (Å²) in [6.45, 7) is 5.06. The van der Waals surface area contributed by atoms with Crippen molar-refractivity contribution in [1.29, 1.82) is 0 Å². The zero-order valence-corrected chi connectivity index (χ0v) is 11.7. The number of nitrogens with one attached hydrogen (secondary N) is 1. The topological polar surface area (TPSA) is 52.0 Å². The third-order valence-corrected chi connectivity index (χ3v) is 3.68. The van der Waals surface area contributed by atoms with Crippen molar-refractivity contribution in [3.63, 3.8) is 0 Å². The second kappa shape index (κ2) is 4.49. The van der Waals surface area contributed by atoms with Crippen LogP contribution in [0.1, 0.15) is 26.7 Å². The van der Waals surface area contributed by atoms with Crippen LogP contribution >= 0.6 is 0 Å². The molecule has 5 nitrogen and oxygen atoms in total. The minimum Gasteiger partial charge on any atom is -0.375 e. The van der Waals surface area contributed by atoms with Gasteiger partial charge in [0.25, 0.3) is 0 Å². The van der Waals surface area contributed by atoms with Gasteiger partial charge in [-0.15, -0.1) is 0 Å². The van der Waals surface area contributed by atoms with Crippen LogP contribution in [0.25, 0.3) is 11.0 Å². The minimum absolute atomic E-state index is 0.0616. The Hall–Kier alpha value is -1.62. The summed E-state index contributed by atoms with van der Waals surface area (Å²) in [6, 6.07) is 2.38. The number of aromatic nitrogens is 3. The van der Waals surface area contributed by atoms with Crippen LogP contribution in [0.15, 0.2) is 18.6 Å². The van der Waals surface area contributed by atoms with Gasteiger partial charge in [0.05, 0.1) is 17.4 Å². The van der Waals surface area contributed by atoms with Crippen LogP contribution < -0.4 is 5.32 Å². The summed E-state index contributed by atoms with van der Waals surface area (Å²) in [5, 5.41) is 3.53. The molecule has 0 amide bonds. The lowest BCUT2D eigenvalue weighted by Gasteiger charge is -2.36. The van der Waals surface area contributed by atoms with Crippen LogP contribution in [0.5, 0.6) is 0 Å². The number of pyridine rings is 1. The average molecular weight is 260 g/mol. The molecule has 0 aromatic carbocycles. The number of rotatable bonds is 2. The normalized spacial score (nSPS) is 22.6. The minimum atomic E-state index is -0.0616. The van der Waals surface area contributed by atoms with Crippen LogP contribution in [0.2, 0.25) is 0 Å². The first kappa shape index (κ1) is 12.4. The molecule has 1 unspecified atom stereocenters. The molecule has 1 N–H and O–H groups in total. The lowest BCUT2D eigenvalue weighted by molar-refractivity contribution is -0.0553. The van der Waals surface area contributed by atoms with Crippen molar-refractivity contribution in [3.05, 3.63) is 18.6 Å². The molecule has 1 saturated heterocycles. The maximum absolute atomic E-state index is 5.74. The maximum atomic E-state index is 5.74. The zero-order valence-electron chi connectivity index (χ0n) is 11.7. The van der Waals surface area contributed by atoms with E-state index in [-0.39, 0.29) is 5.60 Å². The highest BCUT2D eigenvalue weighted by atomic mass is 16.5. The molecule has 0 aliphatic carbocycles. The van der Waals surface area contributed by atoms with Crippen LogP contribution in [0, 0.1) is 0 Å². The van der Waals surface area contributed by atoms with Crippen molar-refractivity contribution in [2.24, 2.45) is 7.05 Å². The molecule has 3 heterocycles. The van der Waals surface area contributed by atoms with E-state index in [2.05, 4.69) is 29.1 Å². The van der Waals surface area contributed by atoms with E-state index in [0.717, 1.165) is 36.3 Å². The average Bonchev–Trinajstić information content (AvgIpc) is 2.71. The Morgan fingerprint density at radius 1 is 1.42 bits per heavy atom. The first-order chi connectivity index (χ1) is 9.05. The first-order valence-corrected chi connectivity index (χ1v) is 6.72. The van der Waals surface area contributed by atoms with Gasteiger partial charge in [0, 0.05) is 25.9 Å². The molecule has 19 heavy (non-hydrogen) atoms. The van der Waals surface area contributed by atoms with Gasteiger partial charge in [0.1, 0.15) is 5.52 Å². The fourth-order valence-corrected chi connectivity index (χ4v) is 2.72. The fourth-order valence-electron chi connectivity index (χ4n) is 2.72. The summed E-state index contributed by atoms with van der Waals surface area (Å²) in [4.78, 5) is 8.86. The number of nitrogens with zero attached hydrogens (tertiary/aromatic N) is 3. The van der Waals surface area contributed by atoms with E-state index in [0.29, 0.717) is 6.04 Å². The Kier molecular flexibility index (Phi) is 2.93. The third kappa shape index (κ3) is 2.42. The standard InChI is InChI=1S/C14H20N4O/c1-14(2)8-10(5-7-19-14)17-13-12-11(4-6-15-13)18(3)9-16-12/h4,6,9-10H,5,7-8H2,1-3H3,(H,15,17). The number of hydrogen-bond acceptors (Lipinski definition) is 4. The number of aryl methyl sites for hydroxylation is 1. The van der Waals surface area contributed by atoms with Gasteiger partial charge in [0.15, 0.2) is 5.82 Å². The van der Waals surface area contributed by atoms with Crippen LogP contribution in [0.4, 0.5) is 5.82 Å². The predicted octanol–water partition coefficient (Wildman–Crippen LogP) is 2.34. The summed E-state index contributed by atoms with van der Waals surface area (Å²) < 4.78 is 7.75. The van der Waals surface area contributed by atoms with Crippen molar-refractivity contribution >= 4 is 16.9 Å². The SMILES string of the molecule is Cn1cnc2c(NC3CCOC(C)(C)C3)nccc21. The highest BCUT2D eigenvalue weighted by molar-refractivity contribution is 5.85. The Morgan fingerprint density at radius 3 is 3.05 bits per heavy atom. The van der Waals surface area contributed by atoms with Crippen LogP contribution in [0.3, 0.4) is 0 Å². The van der Waals surface area contributed by atoms with Gasteiger partial charge in [-0.3, -0.25) is 0 Å². The number of anilines is 1. The molecule has 0 saturated carbocycles. The zero-order chi connectivity index (χ0) is 13.5. The summed E-state index contributed by atoms with van der Waals surface area (Å²) in [7, 11) is 2.00. The van der Waals surface area contributed by atoms with Crippen molar-refractivity contribution < 1.29 is 4.74 Å². The van der Waals surface area contributed by atoms with E-state index in [1.54, 1.807) is 0 Å². The second-order valence-electron chi connectivity index (χ2n) is 5.82. The molecular formula is C14H20N4O. The van der Waals surface area contributed by atoms with Gasteiger partial charge in [0.2, 0.25) is 0 Å². The van der Waals surface area contributed by atoms with E-state index in [1.807, 2.05) is 30.2 Å². The lowest BCUT2D eigenvalue weighted by atomic mass is 9.94. The summed E-state index contributed by atoms with van der Waals surface area (Å²) in [5.41, 5.74) is 1.98. The van der Waals surface area contributed by atoms with E-state index in [1.165, 1.54) is 0 Å². The number of fused-ring (bicyclic) bond motifs is 1. The maximum Gasteiger partial charge on any atom is 0.154 e. The van der Waals surface area contributed by atoms with Crippen molar-refractivity contribution in [1.82, 2.24) is 14.5 Å². The fraction of sp³-hybridized carbons (Fsp3) is 0.571. The molecule has 1 aliphatic rings. The molecule has 102 valence electrons. The molecule has 1 aliphatic heterocycles. The predicted molar refractivity (Wildman–Crippen MR) is 75.2 cm³/mol. The van der Waals surface area contributed by atoms with Crippen LogP contribution in [-0.4, -0.2) is 32.8 Å². The molecule has 0 radical (unpaired) electrons. The van der Waals surface area contributed by atoms with Gasteiger partial charge in [-0.25, -0.2) is 9.97 Å². The molecule has 3 rings (SSSR count). The monoisotopic (exact) mass is 260 g/mol. The van der Waals surface area contributed by atoms with E-state index in [4.69, 9.17) is 4.74 Å². The molecule has 0 spiro atoms. The van der Waals surface area contributed by atoms with Crippen LogP contribution in [-0.2, 0) is 11.8 Å². The Balaban J connectivity index is 1.85. The number of ether oxygens (including phenoxy) is 1. The Morgan fingerprint density at radius 2 is 2.26 bits per heavy atom. The highest BCUT2D eigenvalue weighted by Gasteiger charge is 2.29. The summed E-state index contributed by atoms with van der Waals surface area (Å²) in [5.74, 6) is 0.876. The Labute approximate surface area is 113 Å². The Bertz CT molecular complexity index is 590. The van der Waals surface area contributed by atoms with Gasteiger partial charge >= 0.3 is 0 Å². The molecule has 2 aromatic heterocycles. The lowest BCUT2D eigenvalue weighted by Crippen LogP contribution is -2.40. The molecule has 1 fully saturated rings. The molecular weight excluding hydrogens is 240 g/mol. The summed E-state index contributed by atoms with van der Waals surface area (Å²) >= 11 is 0. The number of hydrogen-bond donors (Lipinski definition) is 1. The van der Waals surface area contributed by atoms with Gasteiger partial charge in [-0.2, -0.15) is 0 Å². The van der Waals surface area contributed by atoms with Gasteiger partial charge in [-0.05, 0) is 32.8 Å². The smallest absolute Gasteiger partial charge is 0.154 e. The highest BCUT2D eigenvalue weighted by Crippen LogP contribution is 2.27. The van der Waals surface area contributed by atoms with E-state index < -0.39 is 0 Å². The van der Waals surface area contributed by atoms with Gasteiger partial charge < -0.3 is 14.6 Å².